The summed E-state index contributed by atoms with van der Waals surface area (Å²) >= 11 is 0. The number of nitrogens with one attached hydrogen (secondary N) is 1. The molecule has 0 bridgehead atoms. The van der Waals surface area contributed by atoms with Crippen LogP contribution in [-0.4, -0.2) is 44.1 Å². The second-order valence-electron chi connectivity index (χ2n) is 6.87. The van der Waals surface area contributed by atoms with Gasteiger partial charge in [-0.1, -0.05) is 23.3 Å². The Morgan fingerprint density at radius 1 is 1.10 bits per heavy atom. The Balaban J connectivity index is 2.44. The molecule has 0 aliphatic rings. The summed E-state index contributed by atoms with van der Waals surface area (Å²) in [5, 5.41) is 11.9. The summed E-state index contributed by atoms with van der Waals surface area (Å²) in [5.74, 6) is -2.39. The standard InChI is InChI=1S/C20H20F3NO6S/c1-11-6-12(2)8-14(7-11)18(26)24-16(19(27)30-3)9-13-4-5-15(25)10-17(13)31(28,29)20(21,22)23/h4-8,10,16,25H,9H2,1-3H3,(H,24,26)/t16-/m0/s1. The van der Waals surface area contributed by atoms with Gasteiger partial charge in [0.05, 0.1) is 12.0 Å². The monoisotopic (exact) mass is 459 g/mol. The van der Waals surface area contributed by atoms with Crippen LogP contribution in [0, 0.1) is 13.8 Å². The summed E-state index contributed by atoms with van der Waals surface area (Å²) in [6.07, 6.45) is -0.617. The molecule has 1 amide bonds. The van der Waals surface area contributed by atoms with E-state index < -0.39 is 55.9 Å². The van der Waals surface area contributed by atoms with E-state index in [1.54, 1.807) is 26.0 Å². The van der Waals surface area contributed by atoms with Crippen LogP contribution in [0.15, 0.2) is 41.3 Å². The van der Waals surface area contributed by atoms with E-state index in [9.17, 15) is 36.3 Å². The predicted molar refractivity (Wildman–Crippen MR) is 104 cm³/mol. The molecule has 11 heteroatoms. The molecule has 2 rings (SSSR count). The number of carbonyl (C=O) groups is 2. The Morgan fingerprint density at radius 3 is 2.19 bits per heavy atom. The first-order valence-electron chi connectivity index (χ1n) is 8.86. The zero-order valence-corrected chi connectivity index (χ0v) is 17.6. The number of hydrogen-bond acceptors (Lipinski definition) is 6. The number of esters is 1. The van der Waals surface area contributed by atoms with Gasteiger partial charge in [-0.2, -0.15) is 13.2 Å². The first kappa shape index (κ1) is 24.2. The highest BCUT2D eigenvalue weighted by Gasteiger charge is 2.48. The van der Waals surface area contributed by atoms with E-state index in [1.807, 2.05) is 6.07 Å². The van der Waals surface area contributed by atoms with Crippen LogP contribution in [0.5, 0.6) is 5.75 Å². The fourth-order valence-corrected chi connectivity index (χ4v) is 4.01. The fourth-order valence-electron chi connectivity index (χ4n) is 2.99. The van der Waals surface area contributed by atoms with Gasteiger partial charge in [0.25, 0.3) is 15.7 Å². The first-order chi connectivity index (χ1) is 14.3. The largest absolute Gasteiger partial charge is 0.508 e. The Kier molecular flexibility index (Phi) is 6.99. The van der Waals surface area contributed by atoms with Crippen molar-refractivity contribution < 1.29 is 41.0 Å². The number of benzene rings is 2. The van der Waals surface area contributed by atoms with Gasteiger partial charge in [0.1, 0.15) is 11.8 Å². The van der Waals surface area contributed by atoms with Crippen molar-refractivity contribution in [3.63, 3.8) is 0 Å². The minimum Gasteiger partial charge on any atom is -0.508 e. The predicted octanol–water partition coefficient (Wildman–Crippen LogP) is 2.82. The zero-order chi connectivity index (χ0) is 23.6. The molecule has 0 unspecified atom stereocenters. The minimum atomic E-state index is -5.82. The Bertz CT molecular complexity index is 1090. The molecule has 2 aromatic rings. The number of carbonyl (C=O) groups excluding carboxylic acids is 2. The van der Waals surface area contributed by atoms with Gasteiger partial charge in [-0.15, -0.1) is 0 Å². The van der Waals surface area contributed by atoms with Crippen molar-refractivity contribution in [2.45, 2.75) is 36.7 Å². The number of sulfone groups is 1. The smallest absolute Gasteiger partial charge is 0.501 e. The fraction of sp³-hybridized carbons (Fsp3) is 0.300. The molecule has 7 nitrogen and oxygen atoms in total. The van der Waals surface area contributed by atoms with Crippen molar-refractivity contribution in [1.29, 1.82) is 0 Å². The maximum atomic E-state index is 13.1. The number of phenolic OH excluding ortho intramolecular Hbond substituents is 1. The third-order valence-corrected chi connectivity index (χ3v) is 5.91. The third kappa shape index (κ3) is 5.54. The highest BCUT2D eigenvalue weighted by Crippen LogP contribution is 2.34. The van der Waals surface area contributed by atoms with Gasteiger partial charge in [-0.05, 0) is 43.7 Å². The number of ether oxygens (including phenoxy) is 1. The lowest BCUT2D eigenvalue weighted by atomic mass is 10.0. The number of aryl methyl sites for hydroxylation is 2. The number of alkyl halides is 3. The summed E-state index contributed by atoms with van der Waals surface area (Å²) in [6.45, 7) is 3.51. The van der Waals surface area contributed by atoms with Crippen LogP contribution >= 0.6 is 0 Å². The maximum absolute atomic E-state index is 13.1. The second-order valence-corrected chi connectivity index (χ2v) is 8.78. The Labute approximate surface area is 176 Å². The van der Waals surface area contributed by atoms with Gasteiger partial charge in [0.2, 0.25) is 0 Å². The minimum absolute atomic E-state index is 0.209. The van der Waals surface area contributed by atoms with Crippen molar-refractivity contribution >= 4 is 21.7 Å². The Morgan fingerprint density at radius 2 is 1.68 bits per heavy atom. The van der Waals surface area contributed by atoms with E-state index in [1.165, 1.54) is 0 Å². The molecule has 0 heterocycles. The highest BCUT2D eigenvalue weighted by molar-refractivity contribution is 7.92. The first-order valence-corrected chi connectivity index (χ1v) is 10.3. The summed E-state index contributed by atoms with van der Waals surface area (Å²) in [5.41, 5.74) is -4.29. The van der Waals surface area contributed by atoms with E-state index in [-0.39, 0.29) is 5.56 Å². The molecular formula is C20H20F3NO6S. The molecule has 1 atom stereocenters. The molecule has 0 aliphatic carbocycles. The van der Waals surface area contributed by atoms with Crippen LogP contribution in [0.3, 0.4) is 0 Å². The van der Waals surface area contributed by atoms with Crippen LogP contribution in [0.2, 0.25) is 0 Å². The summed E-state index contributed by atoms with van der Waals surface area (Å²) < 4.78 is 67.7. The van der Waals surface area contributed by atoms with Gasteiger partial charge >= 0.3 is 11.5 Å². The van der Waals surface area contributed by atoms with Crippen molar-refractivity contribution in [3.05, 3.63) is 58.7 Å². The van der Waals surface area contributed by atoms with Crippen LogP contribution in [0.1, 0.15) is 27.0 Å². The molecule has 2 N–H and O–H groups in total. The second kappa shape index (κ2) is 8.96. The summed E-state index contributed by atoms with van der Waals surface area (Å²) in [4.78, 5) is 23.6. The Hall–Kier alpha value is -3.08. The average Bonchev–Trinajstić information content (AvgIpc) is 2.66. The molecule has 0 aliphatic heterocycles. The molecule has 0 saturated carbocycles. The molecule has 0 fully saturated rings. The summed E-state index contributed by atoms with van der Waals surface area (Å²) in [7, 11) is -4.81. The molecule has 31 heavy (non-hydrogen) atoms. The molecule has 0 aromatic heterocycles. The molecule has 0 saturated heterocycles. The molecule has 0 spiro atoms. The number of hydrogen-bond donors (Lipinski definition) is 2. The number of methoxy groups -OCH3 is 1. The van der Waals surface area contributed by atoms with Gasteiger partial charge in [-0.3, -0.25) is 4.79 Å². The number of halogens is 3. The number of amides is 1. The van der Waals surface area contributed by atoms with Crippen LogP contribution in [-0.2, 0) is 25.8 Å². The van der Waals surface area contributed by atoms with E-state index in [0.29, 0.717) is 6.07 Å². The number of rotatable bonds is 6. The van der Waals surface area contributed by atoms with Crippen molar-refractivity contribution in [3.8, 4) is 5.75 Å². The van der Waals surface area contributed by atoms with Gasteiger partial charge < -0.3 is 15.2 Å². The normalized spacial score (nSPS) is 12.8. The highest BCUT2D eigenvalue weighted by atomic mass is 32.2. The van der Waals surface area contributed by atoms with E-state index in [4.69, 9.17) is 0 Å². The third-order valence-electron chi connectivity index (χ3n) is 4.34. The van der Waals surface area contributed by atoms with Gasteiger partial charge in [0, 0.05) is 12.0 Å². The molecular weight excluding hydrogens is 439 g/mol. The van der Waals surface area contributed by atoms with Crippen LogP contribution in [0.4, 0.5) is 13.2 Å². The van der Waals surface area contributed by atoms with Crippen LogP contribution < -0.4 is 5.32 Å². The van der Waals surface area contributed by atoms with Crippen LogP contribution in [0.25, 0.3) is 0 Å². The molecule has 2 aromatic carbocycles. The number of phenols is 1. The van der Waals surface area contributed by atoms with E-state index >= 15 is 0 Å². The lowest BCUT2D eigenvalue weighted by Gasteiger charge is -2.19. The van der Waals surface area contributed by atoms with Gasteiger partial charge in [0.15, 0.2) is 0 Å². The van der Waals surface area contributed by atoms with E-state index in [2.05, 4.69) is 10.1 Å². The quantitative estimate of drug-likeness (QED) is 0.643. The SMILES string of the molecule is COC(=O)[C@H](Cc1ccc(O)cc1S(=O)(=O)C(F)(F)F)NC(=O)c1cc(C)cc(C)c1. The zero-order valence-electron chi connectivity index (χ0n) is 16.8. The van der Waals surface area contributed by atoms with Crippen molar-refractivity contribution in [2.24, 2.45) is 0 Å². The van der Waals surface area contributed by atoms with Gasteiger partial charge in [-0.25, -0.2) is 13.2 Å². The number of aromatic hydroxyl groups is 1. The van der Waals surface area contributed by atoms with Crippen molar-refractivity contribution in [2.75, 3.05) is 7.11 Å². The topological polar surface area (TPSA) is 110 Å². The van der Waals surface area contributed by atoms with E-state index in [0.717, 1.165) is 30.4 Å². The summed E-state index contributed by atoms with van der Waals surface area (Å²) in [6, 6.07) is 5.80. The maximum Gasteiger partial charge on any atom is 0.501 e. The molecule has 168 valence electrons. The average molecular weight is 459 g/mol. The lowest BCUT2D eigenvalue weighted by molar-refractivity contribution is -0.142. The lowest BCUT2D eigenvalue weighted by Crippen LogP contribution is -2.43. The van der Waals surface area contributed by atoms with Crippen molar-refractivity contribution in [1.82, 2.24) is 5.32 Å². The molecule has 0 radical (unpaired) electrons.